The first-order valence-electron chi connectivity index (χ1n) is 20.2. The van der Waals surface area contributed by atoms with Gasteiger partial charge in [0.25, 0.3) is 0 Å². The summed E-state index contributed by atoms with van der Waals surface area (Å²) in [6, 6.07) is 39.0. The molecule has 4 aromatic carbocycles. The Hall–Kier alpha value is -7.88. The van der Waals surface area contributed by atoms with Gasteiger partial charge in [-0.25, -0.2) is 9.98 Å². The molecule has 0 bridgehead atoms. The second-order valence-electron chi connectivity index (χ2n) is 15.1. The Kier molecular flexibility index (Phi) is 9.40. The summed E-state index contributed by atoms with van der Waals surface area (Å²) < 4.78 is 4.59. The van der Waals surface area contributed by atoms with Crippen LogP contribution in [-0.4, -0.2) is 31.5 Å². The molecule has 10 rings (SSSR count). The lowest BCUT2D eigenvalue weighted by Gasteiger charge is -2.14. The van der Waals surface area contributed by atoms with Gasteiger partial charge in [-0.1, -0.05) is 80.6 Å². The predicted octanol–water partition coefficient (Wildman–Crippen LogP) is 13.4. The zero-order valence-electron chi connectivity index (χ0n) is 33.6. The van der Waals surface area contributed by atoms with Gasteiger partial charge in [-0.2, -0.15) is 0 Å². The second kappa shape index (κ2) is 15.5. The van der Waals surface area contributed by atoms with Gasteiger partial charge in [-0.05, 0) is 120 Å². The van der Waals surface area contributed by atoms with E-state index < -0.39 is 0 Å². The lowest BCUT2D eigenvalue weighted by atomic mass is 9.92. The average Bonchev–Trinajstić information content (AvgIpc) is 3.47. The zero-order valence-corrected chi connectivity index (χ0v) is 33.6. The summed E-state index contributed by atoms with van der Waals surface area (Å²) in [4.78, 5) is 18.9. The fourth-order valence-electron chi connectivity index (χ4n) is 8.60. The molecule has 1 aliphatic carbocycles. The van der Waals surface area contributed by atoms with E-state index in [0.717, 1.165) is 89.2 Å². The van der Waals surface area contributed by atoms with Crippen molar-refractivity contribution in [3.8, 4) is 22.5 Å². The summed E-state index contributed by atoms with van der Waals surface area (Å²) in [7, 11) is 0. The molecule has 0 fully saturated rings. The molecule has 0 unspecified atom stereocenters. The molecular formula is C54H40N6. The highest BCUT2D eigenvalue weighted by atomic mass is 15.1. The maximum Gasteiger partial charge on any atom is 0.145 e. The number of hydrogen-bond donors (Lipinski definition) is 0. The molecule has 0 saturated heterocycles. The normalized spacial score (nSPS) is 13.8. The fraction of sp³-hybridized carbons (Fsp3) is 0.0741. The van der Waals surface area contributed by atoms with Gasteiger partial charge < -0.3 is 0 Å². The van der Waals surface area contributed by atoms with Crippen LogP contribution in [-0.2, 0) is 0 Å². The number of fused-ring (bicyclic) bond motifs is 4. The Morgan fingerprint density at radius 1 is 0.700 bits per heavy atom. The van der Waals surface area contributed by atoms with Crippen LogP contribution in [0.3, 0.4) is 0 Å². The van der Waals surface area contributed by atoms with Crippen LogP contribution in [0.1, 0.15) is 48.9 Å². The van der Waals surface area contributed by atoms with Gasteiger partial charge in [0.05, 0.1) is 11.0 Å². The Morgan fingerprint density at radius 2 is 1.50 bits per heavy atom. The van der Waals surface area contributed by atoms with Crippen molar-refractivity contribution >= 4 is 67.8 Å². The Morgan fingerprint density at radius 3 is 2.33 bits per heavy atom. The van der Waals surface area contributed by atoms with Gasteiger partial charge in [0.2, 0.25) is 0 Å². The molecule has 5 heterocycles. The number of rotatable bonds is 8. The van der Waals surface area contributed by atoms with Gasteiger partial charge in [-0.15, -0.1) is 11.5 Å². The minimum atomic E-state index is 0.215. The van der Waals surface area contributed by atoms with Crippen LogP contribution in [0.2, 0.25) is 0 Å². The van der Waals surface area contributed by atoms with Crippen molar-refractivity contribution in [2.75, 3.05) is 0 Å². The van der Waals surface area contributed by atoms with Crippen molar-refractivity contribution in [1.29, 1.82) is 0 Å². The molecule has 0 atom stereocenters. The van der Waals surface area contributed by atoms with E-state index in [1.165, 1.54) is 10.9 Å². The van der Waals surface area contributed by atoms with E-state index in [4.69, 9.17) is 9.98 Å². The quantitative estimate of drug-likeness (QED) is 0.114. The average molecular weight is 773 g/mol. The molecule has 0 spiro atoms. The van der Waals surface area contributed by atoms with E-state index >= 15 is 0 Å². The number of aliphatic imine (C=N–C) groups is 2. The van der Waals surface area contributed by atoms with E-state index in [2.05, 4.69) is 154 Å². The van der Waals surface area contributed by atoms with Crippen LogP contribution in [0, 0.1) is 0 Å². The monoisotopic (exact) mass is 772 g/mol. The minimum absolute atomic E-state index is 0.215. The smallest absolute Gasteiger partial charge is 0.145 e. The molecule has 0 saturated carbocycles. The number of benzene rings is 4. The first-order valence-corrected chi connectivity index (χ1v) is 20.2. The van der Waals surface area contributed by atoms with Crippen molar-refractivity contribution < 1.29 is 0 Å². The van der Waals surface area contributed by atoms with Crippen molar-refractivity contribution in [2.45, 2.75) is 26.7 Å². The maximum absolute atomic E-state index is 5.08. The van der Waals surface area contributed by atoms with Gasteiger partial charge in [0.1, 0.15) is 11.5 Å². The molecule has 8 aromatic rings. The van der Waals surface area contributed by atoms with Crippen molar-refractivity contribution in [3.05, 3.63) is 204 Å². The topological polar surface area (TPSA) is 60.4 Å². The van der Waals surface area contributed by atoms with E-state index in [-0.39, 0.29) is 5.92 Å². The van der Waals surface area contributed by atoms with Crippen molar-refractivity contribution in [2.24, 2.45) is 9.98 Å². The van der Waals surface area contributed by atoms with E-state index in [9.17, 15) is 0 Å². The molecule has 6 nitrogen and oxygen atoms in total. The first kappa shape index (κ1) is 36.5. The van der Waals surface area contributed by atoms with Gasteiger partial charge in [0, 0.05) is 87.0 Å². The summed E-state index contributed by atoms with van der Waals surface area (Å²) in [5.74, 6) is 1.15. The Balaban J connectivity index is 1.13. The number of pyridine rings is 2. The molecule has 1 aliphatic heterocycles. The highest BCUT2D eigenvalue weighted by molar-refractivity contribution is 6.12. The van der Waals surface area contributed by atoms with Gasteiger partial charge >= 0.3 is 0 Å². The zero-order chi connectivity index (χ0) is 40.6. The summed E-state index contributed by atoms with van der Waals surface area (Å²) in [5, 5.41) is 3.39. The Bertz CT molecular complexity index is 3310. The molecule has 0 radical (unpaired) electrons. The third-order valence-electron chi connectivity index (χ3n) is 11.2. The predicted molar refractivity (Wildman–Crippen MR) is 251 cm³/mol. The van der Waals surface area contributed by atoms with Crippen LogP contribution in [0.25, 0.3) is 72.1 Å². The molecule has 0 N–H and O–H groups in total. The number of nitrogens with zero attached hydrogens (tertiary/aromatic N) is 6. The Labute approximate surface area is 349 Å². The number of allylic oxidation sites excluding steroid dienone is 7. The van der Waals surface area contributed by atoms with E-state index in [0.29, 0.717) is 0 Å². The highest BCUT2D eigenvalue weighted by Crippen LogP contribution is 2.43. The van der Waals surface area contributed by atoms with Crippen LogP contribution in [0.15, 0.2) is 192 Å². The van der Waals surface area contributed by atoms with E-state index in [1.54, 1.807) is 12.4 Å². The third-order valence-corrected chi connectivity index (χ3v) is 11.2. The van der Waals surface area contributed by atoms with E-state index in [1.807, 2.05) is 68.2 Å². The van der Waals surface area contributed by atoms with Crippen molar-refractivity contribution in [1.82, 2.24) is 19.1 Å². The third kappa shape index (κ3) is 6.34. The molecule has 286 valence electrons. The molecule has 60 heavy (non-hydrogen) atoms. The van der Waals surface area contributed by atoms with Crippen LogP contribution in [0.5, 0.6) is 0 Å². The first-order chi connectivity index (χ1) is 29.6. The molecule has 4 aromatic heterocycles. The lowest BCUT2D eigenvalue weighted by Crippen LogP contribution is -1.99. The van der Waals surface area contributed by atoms with Gasteiger partial charge in [0.15, 0.2) is 0 Å². The summed E-state index contributed by atoms with van der Waals surface area (Å²) in [6.07, 6.45) is 23.2. The molecule has 0 amide bonds. The van der Waals surface area contributed by atoms with Crippen LogP contribution < -0.4 is 0 Å². The molecule has 2 aliphatic rings. The minimum Gasteiger partial charge on any atom is -0.294 e. The summed E-state index contributed by atoms with van der Waals surface area (Å²) in [6.45, 7) is 6.49. The van der Waals surface area contributed by atoms with Crippen LogP contribution >= 0.6 is 0 Å². The maximum atomic E-state index is 5.08. The highest BCUT2D eigenvalue weighted by Gasteiger charge is 2.23. The summed E-state index contributed by atoms with van der Waals surface area (Å²) in [5.41, 5.74) is 21.7. The molecular weight excluding hydrogens is 733 g/mol. The SMILES string of the molecule is C/C=N\c1c(C(C)C)c2cc(-c3ccccc3C3=CN=CC=C=C3)ccc2n1-c1cccc(-n2c3ccc(C4=CC=CC=C=C4c4cccnc4)cc3c3cccnc32)c1. The number of hydrogen-bond acceptors (Lipinski definition) is 4. The molecule has 6 heteroatoms. The second-order valence-corrected chi connectivity index (χ2v) is 15.1. The standard InChI is InChI=1S/C54H40N6/c1-4-57-54-52(36(2)3)49-32-38(44-21-8-9-22-46(44)39-15-10-11-28-55-34-39)25-27-51(49)60(54)42-18-12-17-41(33-42)59-50-26-24-37(31-48(50)47-23-14-30-58-53(47)59)43-19-6-5-7-20-45(43)40-16-13-29-56-35-40/h4-9,11-19,21-36H,1-3H3/b57-4-. The largest absolute Gasteiger partial charge is 0.294 e. The summed E-state index contributed by atoms with van der Waals surface area (Å²) >= 11 is 0. The van der Waals surface area contributed by atoms with Gasteiger partial charge in [-0.3, -0.25) is 19.1 Å². The fourth-order valence-corrected chi connectivity index (χ4v) is 8.60. The number of aromatic nitrogens is 4. The lowest BCUT2D eigenvalue weighted by molar-refractivity contribution is 0.870. The van der Waals surface area contributed by atoms with Crippen LogP contribution in [0.4, 0.5) is 5.82 Å². The van der Waals surface area contributed by atoms with Crippen molar-refractivity contribution in [3.63, 3.8) is 0 Å².